The maximum absolute atomic E-state index is 12.9. The number of allylic oxidation sites excluding steroid dienone is 1. The van der Waals surface area contributed by atoms with Gasteiger partial charge in [0.05, 0.1) is 7.11 Å². The molecule has 0 aliphatic carbocycles. The van der Waals surface area contributed by atoms with E-state index in [4.69, 9.17) is 14.6 Å². The molecule has 158 valence electrons. The Morgan fingerprint density at radius 1 is 1.30 bits per heavy atom. The fourth-order valence-electron chi connectivity index (χ4n) is 2.85. The number of pyridine rings is 1. The number of hydrogen-bond donors (Lipinski definition) is 1. The number of carboxylic acids is 1. The highest BCUT2D eigenvalue weighted by Gasteiger charge is 2.23. The van der Waals surface area contributed by atoms with E-state index in [1.807, 2.05) is 19.1 Å². The van der Waals surface area contributed by atoms with Gasteiger partial charge in [-0.05, 0) is 43.0 Å². The van der Waals surface area contributed by atoms with Gasteiger partial charge < -0.3 is 14.6 Å². The molecular formula is C23H26N2O5. The number of carbonyl (C=O) groups is 2. The molecule has 0 saturated heterocycles. The van der Waals surface area contributed by atoms with Gasteiger partial charge in [-0.25, -0.2) is 4.79 Å². The molecule has 1 N–H and O–H groups in total. The number of benzene rings is 1. The van der Waals surface area contributed by atoms with E-state index in [2.05, 4.69) is 16.6 Å². The first-order chi connectivity index (χ1) is 14.5. The van der Waals surface area contributed by atoms with Crippen LogP contribution in [0.1, 0.15) is 37.3 Å². The molecule has 0 saturated carbocycles. The molecule has 0 amide bonds. The molecule has 30 heavy (non-hydrogen) atoms. The number of rotatable bonds is 11. The summed E-state index contributed by atoms with van der Waals surface area (Å²) in [6.07, 6.45) is 6.10. The molecule has 1 heterocycles. The first-order valence-corrected chi connectivity index (χ1v) is 9.66. The van der Waals surface area contributed by atoms with Gasteiger partial charge in [0.1, 0.15) is 6.04 Å². The van der Waals surface area contributed by atoms with Crippen LogP contribution < -0.4 is 9.47 Å². The lowest BCUT2D eigenvalue weighted by Crippen LogP contribution is -2.27. The highest BCUT2D eigenvalue weighted by atomic mass is 16.6. The molecule has 7 heteroatoms. The van der Waals surface area contributed by atoms with E-state index >= 15 is 0 Å². The Bertz CT molecular complexity index is 909. The number of esters is 1. The van der Waals surface area contributed by atoms with Crippen molar-refractivity contribution in [2.24, 2.45) is 4.99 Å². The molecular weight excluding hydrogens is 384 g/mol. The van der Waals surface area contributed by atoms with Crippen molar-refractivity contribution >= 4 is 17.7 Å². The highest BCUT2D eigenvalue weighted by Crippen LogP contribution is 2.29. The lowest BCUT2D eigenvalue weighted by Gasteiger charge is -2.15. The van der Waals surface area contributed by atoms with E-state index in [1.165, 1.54) is 7.11 Å². The van der Waals surface area contributed by atoms with Crippen molar-refractivity contribution in [2.75, 3.05) is 7.11 Å². The molecule has 0 aliphatic rings. The summed E-state index contributed by atoms with van der Waals surface area (Å²) in [6.45, 7) is 5.62. The molecule has 1 unspecified atom stereocenters. The topological polar surface area (TPSA) is 98.1 Å². The van der Waals surface area contributed by atoms with Gasteiger partial charge in [0.2, 0.25) is 0 Å². The minimum Gasteiger partial charge on any atom is -0.493 e. The van der Waals surface area contributed by atoms with E-state index in [-0.39, 0.29) is 18.6 Å². The van der Waals surface area contributed by atoms with Gasteiger partial charge in [0.15, 0.2) is 11.5 Å². The number of aliphatic imine (C=N–C) groups is 1. The van der Waals surface area contributed by atoms with Crippen LogP contribution in [0, 0.1) is 0 Å². The number of ether oxygens (including phenoxy) is 2. The number of carboxylic acid groups (broad SMARTS) is 1. The lowest BCUT2D eigenvalue weighted by atomic mass is 10.1. The predicted octanol–water partition coefficient (Wildman–Crippen LogP) is 3.86. The minimum atomic E-state index is -1.01. The van der Waals surface area contributed by atoms with Gasteiger partial charge in [-0.2, -0.15) is 0 Å². The number of aliphatic carboxylic acids is 1. The van der Waals surface area contributed by atoms with E-state index in [9.17, 15) is 9.59 Å². The zero-order valence-electron chi connectivity index (χ0n) is 17.2. The number of methoxy groups -OCH3 is 1. The summed E-state index contributed by atoms with van der Waals surface area (Å²) in [7, 11) is 1.49. The molecule has 2 aromatic rings. The van der Waals surface area contributed by atoms with Crippen molar-refractivity contribution in [2.45, 2.75) is 38.6 Å². The van der Waals surface area contributed by atoms with Crippen LogP contribution in [0.3, 0.4) is 0 Å². The van der Waals surface area contributed by atoms with Gasteiger partial charge in [0, 0.05) is 30.1 Å². The van der Waals surface area contributed by atoms with Gasteiger partial charge in [-0.3, -0.25) is 14.8 Å². The summed E-state index contributed by atoms with van der Waals surface area (Å²) < 4.78 is 10.9. The largest absolute Gasteiger partial charge is 0.493 e. The summed E-state index contributed by atoms with van der Waals surface area (Å²) in [6, 6.07) is 7.89. The second kappa shape index (κ2) is 11.5. The second-order valence-electron chi connectivity index (χ2n) is 6.52. The average Bonchev–Trinajstić information content (AvgIpc) is 2.75. The van der Waals surface area contributed by atoms with Crippen molar-refractivity contribution in [3.63, 3.8) is 0 Å². The van der Waals surface area contributed by atoms with Gasteiger partial charge in [-0.1, -0.05) is 25.1 Å². The van der Waals surface area contributed by atoms with Crippen LogP contribution in [0.4, 0.5) is 0 Å². The Hall–Kier alpha value is -3.48. The highest BCUT2D eigenvalue weighted by molar-refractivity contribution is 6.01. The maximum Gasteiger partial charge on any atom is 0.336 e. The van der Waals surface area contributed by atoms with E-state index < -0.39 is 18.0 Å². The van der Waals surface area contributed by atoms with Crippen LogP contribution in [0.5, 0.6) is 11.5 Å². The maximum atomic E-state index is 12.9. The predicted molar refractivity (Wildman–Crippen MR) is 114 cm³/mol. The molecule has 2 rings (SSSR count). The Kier molecular flexibility index (Phi) is 8.75. The minimum absolute atomic E-state index is 0.0226. The van der Waals surface area contributed by atoms with Crippen molar-refractivity contribution in [3.8, 4) is 11.5 Å². The molecule has 0 bridgehead atoms. The zero-order chi connectivity index (χ0) is 21.9. The average molecular weight is 410 g/mol. The van der Waals surface area contributed by atoms with Crippen LogP contribution in [0.25, 0.3) is 0 Å². The first-order valence-electron chi connectivity index (χ1n) is 9.66. The summed E-state index contributed by atoms with van der Waals surface area (Å²) in [5, 5.41) is 9.07. The molecule has 7 nitrogen and oxygen atoms in total. The standard InChI is InChI=1S/C23H26N2O5/c1-4-7-16-9-11-20(21(14-16)29-3)30-23(28)19(10-12-22(26)27)25-18(5-2)17-8-6-13-24-15-17/h4,6,8-9,11,13-15,19H,1,5,7,10,12H2,2-3H3,(H,26,27). The van der Waals surface area contributed by atoms with E-state index in [1.54, 1.807) is 36.7 Å². The van der Waals surface area contributed by atoms with Crippen LogP contribution in [0.2, 0.25) is 0 Å². The second-order valence-corrected chi connectivity index (χ2v) is 6.52. The fraction of sp³-hybridized carbons (Fsp3) is 0.304. The Labute approximate surface area is 176 Å². The molecule has 0 radical (unpaired) electrons. The SMILES string of the molecule is C=CCc1ccc(OC(=O)C(CCC(=O)O)N=C(CC)c2cccnc2)c(OC)c1. The molecule has 0 fully saturated rings. The van der Waals surface area contributed by atoms with Crippen LogP contribution in [-0.4, -0.2) is 40.9 Å². The van der Waals surface area contributed by atoms with Gasteiger partial charge in [0.25, 0.3) is 0 Å². The Morgan fingerprint density at radius 2 is 2.10 bits per heavy atom. The van der Waals surface area contributed by atoms with E-state index in [0.29, 0.717) is 24.3 Å². The number of aromatic nitrogens is 1. The van der Waals surface area contributed by atoms with Gasteiger partial charge >= 0.3 is 11.9 Å². The fourth-order valence-corrected chi connectivity index (χ4v) is 2.85. The number of nitrogens with zero attached hydrogens (tertiary/aromatic N) is 2. The van der Waals surface area contributed by atoms with Gasteiger partial charge in [-0.15, -0.1) is 6.58 Å². The van der Waals surface area contributed by atoms with E-state index in [0.717, 1.165) is 11.1 Å². The third kappa shape index (κ3) is 6.55. The summed E-state index contributed by atoms with van der Waals surface area (Å²) in [5.74, 6) is -0.980. The van der Waals surface area contributed by atoms with Crippen LogP contribution in [-0.2, 0) is 16.0 Å². The molecule has 1 aromatic heterocycles. The molecule has 1 atom stereocenters. The monoisotopic (exact) mass is 410 g/mol. The summed E-state index contributed by atoms with van der Waals surface area (Å²) >= 11 is 0. The van der Waals surface area contributed by atoms with Crippen molar-refractivity contribution in [1.82, 2.24) is 4.98 Å². The summed E-state index contributed by atoms with van der Waals surface area (Å²) in [5.41, 5.74) is 2.40. The lowest BCUT2D eigenvalue weighted by molar-refractivity contribution is -0.138. The quantitative estimate of drug-likeness (QED) is 0.261. The molecule has 1 aromatic carbocycles. The van der Waals surface area contributed by atoms with Crippen LogP contribution >= 0.6 is 0 Å². The number of hydrogen-bond acceptors (Lipinski definition) is 6. The van der Waals surface area contributed by atoms with Crippen molar-refractivity contribution in [1.29, 1.82) is 0 Å². The zero-order valence-corrected chi connectivity index (χ0v) is 17.2. The molecule has 0 spiro atoms. The Balaban J connectivity index is 2.30. The normalized spacial score (nSPS) is 12.1. The molecule has 0 aliphatic heterocycles. The van der Waals surface area contributed by atoms with Crippen molar-refractivity contribution < 1.29 is 24.2 Å². The van der Waals surface area contributed by atoms with Crippen LogP contribution in [0.15, 0.2) is 60.4 Å². The van der Waals surface area contributed by atoms with Crippen molar-refractivity contribution in [3.05, 3.63) is 66.5 Å². The third-order valence-corrected chi connectivity index (χ3v) is 4.36. The first kappa shape index (κ1) is 22.8. The third-order valence-electron chi connectivity index (χ3n) is 4.36. The summed E-state index contributed by atoms with van der Waals surface area (Å²) in [4.78, 5) is 32.5. The smallest absolute Gasteiger partial charge is 0.336 e. The Morgan fingerprint density at radius 3 is 2.70 bits per heavy atom. The number of carbonyl (C=O) groups excluding carboxylic acids is 1.